The Morgan fingerprint density at radius 3 is 1.22 bits per heavy atom. The zero-order valence-corrected chi connectivity index (χ0v) is 21.1. The van der Waals surface area contributed by atoms with E-state index in [-0.39, 0.29) is 11.8 Å². The number of unbranched alkanes of at least 4 members (excludes halogenated alkanes) is 3. The van der Waals surface area contributed by atoms with Gasteiger partial charge in [0.15, 0.2) is 0 Å². The maximum absolute atomic E-state index is 12.3. The summed E-state index contributed by atoms with van der Waals surface area (Å²) in [7, 11) is 0. The van der Waals surface area contributed by atoms with Crippen molar-refractivity contribution in [2.24, 2.45) is 0 Å². The van der Waals surface area contributed by atoms with Gasteiger partial charge in [0.05, 0.1) is 24.3 Å². The molecule has 0 aliphatic heterocycles. The summed E-state index contributed by atoms with van der Waals surface area (Å²) in [6, 6.07) is 12.7. The fourth-order valence-corrected chi connectivity index (χ4v) is 3.16. The van der Waals surface area contributed by atoms with Crippen molar-refractivity contribution in [1.29, 1.82) is 0 Å². The van der Waals surface area contributed by atoms with Crippen molar-refractivity contribution in [3.05, 3.63) is 70.8 Å². The fourth-order valence-electron chi connectivity index (χ4n) is 3.16. The zero-order chi connectivity index (χ0) is 26.2. The first-order valence-corrected chi connectivity index (χ1v) is 12.6. The van der Waals surface area contributed by atoms with E-state index in [1.165, 1.54) is 0 Å². The van der Waals surface area contributed by atoms with Crippen molar-refractivity contribution in [3.63, 3.8) is 0 Å². The van der Waals surface area contributed by atoms with Crippen molar-refractivity contribution >= 4 is 23.8 Å². The lowest BCUT2D eigenvalue weighted by Gasteiger charge is -2.08. The molecule has 8 heteroatoms. The fraction of sp³-hybridized carbons (Fsp3) is 0.429. The molecule has 2 aromatic carbocycles. The van der Waals surface area contributed by atoms with Crippen molar-refractivity contribution in [1.82, 2.24) is 10.6 Å². The lowest BCUT2D eigenvalue weighted by molar-refractivity contribution is 0.0490. The van der Waals surface area contributed by atoms with Gasteiger partial charge in [0.1, 0.15) is 0 Å². The van der Waals surface area contributed by atoms with Crippen LogP contribution in [-0.2, 0) is 9.47 Å². The Kier molecular flexibility index (Phi) is 12.8. The summed E-state index contributed by atoms with van der Waals surface area (Å²) in [6.07, 6.45) is 4.92. The van der Waals surface area contributed by atoms with Crippen LogP contribution in [0.15, 0.2) is 48.5 Å². The minimum absolute atomic E-state index is 0.224. The third-order valence-electron chi connectivity index (χ3n) is 5.40. The van der Waals surface area contributed by atoms with Gasteiger partial charge in [-0.25, -0.2) is 9.59 Å². The summed E-state index contributed by atoms with van der Waals surface area (Å²) < 4.78 is 10.3. The quantitative estimate of drug-likeness (QED) is 0.277. The Bertz CT molecular complexity index is 905. The molecule has 0 radical (unpaired) electrons. The Labute approximate surface area is 212 Å². The maximum Gasteiger partial charge on any atom is 0.338 e. The van der Waals surface area contributed by atoms with E-state index in [0.717, 1.165) is 25.7 Å². The van der Waals surface area contributed by atoms with Crippen LogP contribution in [-0.4, -0.2) is 50.1 Å². The van der Waals surface area contributed by atoms with Gasteiger partial charge in [0, 0.05) is 24.2 Å². The zero-order valence-electron chi connectivity index (χ0n) is 21.1. The highest BCUT2D eigenvalue weighted by molar-refractivity contribution is 5.97. The topological polar surface area (TPSA) is 111 Å². The van der Waals surface area contributed by atoms with Gasteiger partial charge in [-0.15, -0.1) is 0 Å². The smallest absolute Gasteiger partial charge is 0.338 e. The number of esters is 2. The summed E-state index contributed by atoms with van der Waals surface area (Å²) in [5, 5.41) is 5.67. The van der Waals surface area contributed by atoms with Crippen LogP contribution in [0.1, 0.15) is 93.8 Å². The number of benzene rings is 2. The summed E-state index contributed by atoms with van der Waals surface area (Å²) in [5.74, 6) is -1.23. The van der Waals surface area contributed by atoms with Gasteiger partial charge in [-0.05, 0) is 74.2 Å². The molecule has 0 saturated heterocycles. The molecule has 0 aliphatic carbocycles. The SMILES string of the molecule is CCCCOC(=O)c1ccc(C(=O)NCCCCNC(=O)c2ccc(C(=O)OCCCC)cc2)cc1. The Morgan fingerprint density at radius 2 is 0.889 bits per heavy atom. The molecule has 0 saturated carbocycles. The minimum atomic E-state index is -0.390. The summed E-state index contributed by atoms with van der Waals surface area (Å²) in [5.41, 5.74) is 1.76. The van der Waals surface area contributed by atoms with E-state index < -0.39 is 11.9 Å². The highest BCUT2D eigenvalue weighted by atomic mass is 16.5. The summed E-state index contributed by atoms with van der Waals surface area (Å²) in [4.78, 5) is 48.4. The maximum atomic E-state index is 12.3. The van der Waals surface area contributed by atoms with Crippen LogP contribution in [0.3, 0.4) is 0 Å². The van der Waals surface area contributed by atoms with E-state index in [4.69, 9.17) is 9.47 Å². The van der Waals surface area contributed by atoms with Crippen molar-refractivity contribution in [2.45, 2.75) is 52.4 Å². The first-order valence-electron chi connectivity index (χ1n) is 12.6. The third kappa shape index (κ3) is 9.90. The molecule has 0 aliphatic rings. The van der Waals surface area contributed by atoms with Gasteiger partial charge in [0.2, 0.25) is 0 Å². The molecule has 0 aromatic heterocycles. The second kappa shape index (κ2) is 16.1. The van der Waals surface area contributed by atoms with Gasteiger partial charge in [-0.3, -0.25) is 9.59 Å². The van der Waals surface area contributed by atoms with Crippen molar-refractivity contribution in [3.8, 4) is 0 Å². The van der Waals surface area contributed by atoms with E-state index in [0.29, 0.717) is 61.4 Å². The number of carbonyl (C=O) groups is 4. The van der Waals surface area contributed by atoms with E-state index in [1.807, 2.05) is 13.8 Å². The standard InChI is InChI=1S/C28H36N2O6/c1-3-5-19-35-27(33)23-13-9-21(10-14-23)25(31)29-17-7-8-18-30-26(32)22-11-15-24(16-12-22)28(34)36-20-6-4-2/h9-16H,3-8,17-20H2,1-2H3,(H,29,31)(H,30,32). The molecule has 0 fully saturated rings. The van der Waals surface area contributed by atoms with Gasteiger partial charge in [-0.2, -0.15) is 0 Å². The van der Waals surface area contributed by atoms with Gasteiger partial charge in [-0.1, -0.05) is 26.7 Å². The lowest BCUT2D eigenvalue weighted by Crippen LogP contribution is -2.27. The van der Waals surface area contributed by atoms with Crippen LogP contribution < -0.4 is 10.6 Å². The van der Waals surface area contributed by atoms with Gasteiger partial charge < -0.3 is 20.1 Å². The predicted molar refractivity (Wildman–Crippen MR) is 137 cm³/mol. The molecular formula is C28H36N2O6. The first kappa shape index (κ1) is 28.6. The Balaban J connectivity index is 1.64. The molecule has 0 atom stereocenters. The summed E-state index contributed by atoms with van der Waals surface area (Å²) >= 11 is 0. The van der Waals surface area contributed by atoms with E-state index in [1.54, 1.807) is 48.5 Å². The van der Waals surface area contributed by atoms with Gasteiger partial charge in [0.25, 0.3) is 11.8 Å². The minimum Gasteiger partial charge on any atom is -0.462 e. The largest absolute Gasteiger partial charge is 0.462 e. The molecule has 8 nitrogen and oxygen atoms in total. The molecule has 2 amide bonds. The van der Waals surface area contributed by atoms with E-state index >= 15 is 0 Å². The van der Waals surface area contributed by atoms with Crippen molar-refractivity contribution < 1.29 is 28.7 Å². The summed E-state index contributed by atoms with van der Waals surface area (Å²) in [6.45, 7) is 5.75. The highest BCUT2D eigenvalue weighted by Gasteiger charge is 2.11. The van der Waals surface area contributed by atoms with Gasteiger partial charge >= 0.3 is 11.9 Å². The lowest BCUT2D eigenvalue weighted by atomic mass is 10.1. The second-order valence-corrected chi connectivity index (χ2v) is 8.35. The molecule has 0 unspecified atom stereocenters. The average Bonchev–Trinajstić information content (AvgIpc) is 2.90. The van der Waals surface area contributed by atoms with Crippen LogP contribution in [0.25, 0.3) is 0 Å². The molecule has 36 heavy (non-hydrogen) atoms. The molecule has 194 valence electrons. The monoisotopic (exact) mass is 496 g/mol. The van der Waals surface area contributed by atoms with Crippen LogP contribution in [0.4, 0.5) is 0 Å². The normalized spacial score (nSPS) is 10.4. The first-order chi connectivity index (χ1) is 17.5. The number of amides is 2. The van der Waals surface area contributed by atoms with Crippen LogP contribution in [0.2, 0.25) is 0 Å². The van der Waals surface area contributed by atoms with E-state index in [2.05, 4.69) is 10.6 Å². The number of hydrogen-bond donors (Lipinski definition) is 2. The van der Waals surface area contributed by atoms with Crippen LogP contribution >= 0.6 is 0 Å². The van der Waals surface area contributed by atoms with Crippen molar-refractivity contribution in [2.75, 3.05) is 26.3 Å². The van der Waals surface area contributed by atoms with E-state index in [9.17, 15) is 19.2 Å². The number of nitrogens with one attached hydrogen (secondary N) is 2. The average molecular weight is 497 g/mol. The molecule has 0 bridgehead atoms. The Morgan fingerprint density at radius 1 is 0.556 bits per heavy atom. The number of carbonyl (C=O) groups excluding carboxylic acids is 4. The number of ether oxygens (including phenoxy) is 2. The molecule has 2 rings (SSSR count). The second-order valence-electron chi connectivity index (χ2n) is 8.35. The number of hydrogen-bond acceptors (Lipinski definition) is 6. The molecule has 0 spiro atoms. The molecule has 2 aromatic rings. The van der Waals surface area contributed by atoms with Crippen LogP contribution in [0, 0.1) is 0 Å². The number of rotatable bonds is 15. The molecule has 2 N–H and O–H groups in total. The third-order valence-corrected chi connectivity index (χ3v) is 5.40. The van der Waals surface area contributed by atoms with Crippen LogP contribution in [0.5, 0.6) is 0 Å². The highest BCUT2D eigenvalue weighted by Crippen LogP contribution is 2.08. The molecule has 0 heterocycles. The molecular weight excluding hydrogens is 460 g/mol. The predicted octanol–water partition coefficient (Wildman–Crippen LogP) is 4.54. The Hall–Kier alpha value is -3.68.